The van der Waals surface area contributed by atoms with Crippen LogP contribution in [0.4, 0.5) is 0 Å². The third-order valence-corrected chi connectivity index (χ3v) is 9.75. The summed E-state index contributed by atoms with van der Waals surface area (Å²) in [5.41, 5.74) is 0. The fraction of sp³-hybridized carbons (Fsp3) is 0.589. The number of carbonyl (C=O) groups is 3. The van der Waals surface area contributed by atoms with E-state index >= 15 is 0 Å². The van der Waals surface area contributed by atoms with E-state index in [1.807, 2.05) is 0 Å². The van der Waals surface area contributed by atoms with Gasteiger partial charge in [0.25, 0.3) is 0 Å². The van der Waals surface area contributed by atoms with Crippen molar-refractivity contribution in [2.24, 2.45) is 0 Å². The summed E-state index contributed by atoms with van der Waals surface area (Å²) in [6.45, 7) is 6.19. The Morgan fingerprint density at radius 1 is 0.339 bits per heavy atom. The Morgan fingerprint density at radius 3 is 1.15 bits per heavy atom. The average Bonchev–Trinajstić information content (AvgIpc) is 3.27. The molecule has 1 unspecified atom stereocenters. The largest absolute Gasteiger partial charge is 0.462 e. The molecule has 0 heterocycles. The van der Waals surface area contributed by atoms with Crippen LogP contribution in [0.2, 0.25) is 0 Å². The Morgan fingerprint density at radius 2 is 0.677 bits per heavy atom. The van der Waals surface area contributed by atoms with E-state index in [2.05, 4.69) is 142 Å². The number of ether oxygens (including phenoxy) is 3. The van der Waals surface area contributed by atoms with Gasteiger partial charge in [-0.15, -0.1) is 0 Å². The maximum absolute atomic E-state index is 12.8. The van der Waals surface area contributed by atoms with Crippen molar-refractivity contribution in [1.82, 2.24) is 0 Å². The first kappa shape index (κ1) is 57.8. The molecule has 0 aromatic rings. The van der Waals surface area contributed by atoms with Gasteiger partial charge in [-0.05, 0) is 103 Å². The number of hydrogen-bond donors (Lipinski definition) is 0. The van der Waals surface area contributed by atoms with Crippen molar-refractivity contribution in [2.45, 2.75) is 200 Å². The number of carbonyl (C=O) groups excluding carboxylic acids is 3. The topological polar surface area (TPSA) is 78.9 Å². The number of hydrogen-bond acceptors (Lipinski definition) is 6. The van der Waals surface area contributed by atoms with Gasteiger partial charge < -0.3 is 14.2 Å². The standard InChI is InChI=1S/C56H88O6/c1-4-7-10-13-16-19-22-25-27-28-30-31-34-37-40-43-46-49-55(58)61-52-53(51-60-54(57)48-45-42-39-36-33-24-21-18-15-12-9-6-3)62-56(59)50-47-44-41-38-35-32-29-26-23-20-17-14-11-8-5-2/h7-12,14,16-21,23,25,27,30-31,37,40,53H,4-6,13,15,22,24,26,28-29,32-36,38-39,41-52H2,1-3H3/b10-7-,11-8-,12-9-,17-14-,19-16-,21-18-,23-20-,27-25-,31-30-,40-37-. The van der Waals surface area contributed by atoms with Gasteiger partial charge in [0.15, 0.2) is 6.10 Å². The van der Waals surface area contributed by atoms with E-state index in [1.54, 1.807) is 0 Å². The molecule has 6 nitrogen and oxygen atoms in total. The fourth-order valence-electron chi connectivity index (χ4n) is 6.16. The average molecular weight is 857 g/mol. The molecule has 0 saturated heterocycles. The van der Waals surface area contributed by atoms with E-state index in [1.165, 1.54) is 19.3 Å². The van der Waals surface area contributed by atoms with Crippen LogP contribution in [0.1, 0.15) is 194 Å². The minimum atomic E-state index is -0.816. The maximum atomic E-state index is 12.8. The van der Waals surface area contributed by atoms with E-state index < -0.39 is 6.10 Å². The molecule has 0 rings (SSSR count). The van der Waals surface area contributed by atoms with Crippen molar-refractivity contribution in [3.8, 4) is 0 Å². The molecule has 0 aliphatic heterocycles. The lowest BCUT2D eigenvalue weighted by molar-refractivity contribution is -0.167. The minimum absolute atomic E-state index is 0.112. The normalized spacial score (nSPS) is 13.1. The van der Waals surface area contributed by atoms with Crippen LogP contribution in [0.5, 0.6) is 0 Å². The summed E-state index contributed by atoms with van der Waals surface area (Å²) in [6.07, 6.45) is 67.6. The zero-order valence-electron chi connectivity index (χ0n) is 39.6. The van der Waals surface area contributed by atoms with Crippen LogP contribution in [0.3, 0.4) is 0 Å². The Hall–Kier alpha value is -4.19. The first-order valence-corrected chi connectivity index (χ1v) is 24.6. The van der Waals surface area contributed by atoms with Crippen LogP contribution < -0.4 is 0 Å². The van der Waals surface area contributed by atoms with E-state index in [9.17, 15) is 14.4 Å². The summed E-state index contributed by atoms with van der Waals surface area (Å²) in [5, 5.41) is 0. The molecule has 1 atom stereocenters. The van der Waals surface area contributed by atoms with Crippen LogP contribution in [0, 0.1) is 0 Å². The Bertz CT molecular complexity index is 1350. The van der Waals surface area contributed by atoms with Crippen molar-refractivity contribution in [2.75, 3.05) is 13.2 Å². The smallest absolute Gasteiger partial charge is 0.306 e. The molecule has 0 spiro atoms. The Kier molecular flexibility index (Phi) is 46.1. The van der Waals surface area contributed by atoms with Gasteiger partial charge >= 0.3 is 17.9 Å². The molecule has 0 amide bonds. The van der Waals surface area contributed by atoms with Crippen molar-refractivity contribution in [3.63, 3.8) is 0 Å². The predicted molar refractivity (Wildman–Crippen MR) is 265 cm³/mol. The van der Waals surface area contributed by atoms with E-state index in [0.717, 1.165) is 128 Å². The lowest BCUT2D eigenvalue weighted by Gasteiger charge is -2.18. The molecule has 348 valence electrons. The second-order valence-corrected chi connectivity index (χ2v) is 15.6. The molecule has 0 saturated carbocycles. The van der Waals surface area contributed by atoms with Crippen LogP contribution >= 0.6 is 0 Å². The minimum Gasteiger partial charge on any atom is -0.462 e. The monoisotopic (exact) mass is 857 g/mol. The molecular weight excluding hydrogens is 769 g/mol. The van der Waals surface area contributed by atoms with E-state index in [-0.39, 0.29) is 37.5 Å². The summed E-state index contributed by atoms with van der Waals surface area (Å²) in [5.74, 6) is -1.01. The second-order valence-electron chi connectivity index (χ2n) is 15.6. The van der Waals surface area contributed by atoms with Crippen LogP contribution in [0.25, 0.3) is 0 Å². The Balaban J connectivity index is 4.53. The molecule has 0 aromatic heterocycles. The first-order valence-electron chi connectivity index (χ1n) is 24.6. The summed E-state index contributed by atoms with van der Waals surface area (Å²) >= 11 is 0. The van der Waals surface area contributed by atoms with Gasteiger partial charge in [0.1, 0.15) is 13.2 Å². The SMILES string of the molecule is CC\C=C/C=C\C=C/CCCCCCCCCC(=O)OC(COC(=O)CCC/C=C\C/C=C\C/C=C\C/C=C\C/C=C\CC)COC(=O)CCCCCCC/C=C\C/C=C\CC. The third-order valence-electron chi connectivity index (χ3n) is 9.75. The highest BCUT2D eigenvalue weighted by molar-refractivity contribution is 5.71. The maximum Gasteiger partial charge on any atom is 0.306 e. The lowest BCUT2D eigenvalue weighted by atomic mass is 10.1. The number of rotatable bonds is 42. The lowest BCUT2D eigenvalue weighted by Crippen LogP contribution is -2.30. The molecule has 62 heavy (non-hydrogen) atoms. The van der Waals surface area contributed by atoms with Crippen molar-refractivity contribution >= 4 is 17.9 Å². The molecule has 0 aliphatic rings. The number of esters is 3. The summed E-state index contributed by atoms with van der Waals surface area (Å²) in [7, 11) is 0. The third kappa shape index (κ3) is 46.9. The van der Waals surface area contributed by atoms with Crippen molar-refractivity contribution in [1.29, 1.82) is 0 Å². The van der Waals surface area contributed by atoms with Crippen LogP contribution in [0.15, 0.2) is 122 Å². The fourth-order valence-corrected chi connectivity index (χ4v) is 6.16. The van der Waals surface area contributed by atoms with Gasteiger partial charge in [-0.25, -0.2) is 0 Å². The molecule has 6 heteroatoms. The molecule has 0 bridgehead atoms. The molecule has 0 N–H and O–H groups in total. The van der Waals surface area contributed by atoms with Gasteiger partial charge in [-0.2, -0.15) is 0 Å². The predicted octanol–water partition coefficient (Wildman–Crippen LogP) is 16.1. The van der Waals surface area contributed by atoms with Crippen molar-refractivity contribution in [3.05, 3.63) is 122 Å². The first-order chi connectivity index (χ1) is 30.5. The van der Waals surface area contributed by atoms with Gasteiger partial charge in [-0.3, -0.25) is 14.4 Å². The molecular formula is C56H88O6. The highest BCUT2D eigenvalue weighted by Crippen LogP contribution is 2.13. The van der Waals surface area contributed by atoms with Crippen LogP contribution in [-0.2, 0) is 28.6 Å². The summed E-state index contributed by atoms with van der Waals surface area (Å²) in [4.78, 5) is 37.9. The second kappa shape index (κ2) is 49.5. The van der Waals surface area contributed by atoms with Gasteiger partial charge in [0.2, 0.25) is 0 Å². The van der Waals surface area contributed by atoms with E-state index in [0.29, 0.717) is 19.3 Å². The zero-order valence-corrected chi connectivity index (χ0v) is 39.6. The highest BCUT2D eigenvalue weighted by Gasteiger charge is 2.19. The van der Waals surface area contributed by atoms with Gasteiger partial charge in [0, 0.05) is 19.3 Å². The van der Waals surface area contributed by atoms with Crippen molar-refractivity contribution < 1.29 is 28.6 Å². The Labute approximate surface area is 380 Å². The molecule has 0 aliphatic carbocycles. The zero-order chi connectivity index (χ0) is 45.1. The molecule has 0 aromatic carbocycles. The van der Waals surface area contributed by atoms with Gasteiger partial charge in [-0.1, -0.05) is 194 Å². The van der Waals surface area contributed by atoms with Gasteiger partial charge in [0.05, 0.1) is 0 Å². The number of allylic oxidation sites excluding steroid dienone is 20. The molecule has 0 radical (unpaired) electrons. The molecule has 0 fully saturated rings. The van der Waals surface area contributed by atoms with E-state index in [4.69, 9.17) is 14.2 Å². The summed E-state index contributed by atoms with van der Waals surface area (Å²) in [6, 6.07) is 0. The number of unbranched alkanes of at least 4 members (excludes halogenated alkanes) is 13. The highest BCUT2D eigenvalue weighted by atomic mass is 16.6. The quantitative estimate of drug-likeness (QED) is 0.0200. The van der Waals surface area contributed by atoms with Crippen LogP contribution in [-0.4, -0.2) is 37.2 Å². The summed E-state index contributed by atoms with van der Waals surface area (Å²) < 4.78 is 16.7.